The molecule has 1 aromatic carbocycles. The van der Waals surface area contributed by atoms with Gasteiger partial charge in [-0.1, -0.05) is 12.1 Å². The number of carbonyl (C=O) groups is 1. The number of aromatic nitrogens is 1. The van der Waals surface area contributed by atoms with Crippen molar-refractivity contribution in [1.29, 1.82) is 0 Å². The van der Waals surface area contributed by atoms with E-state index in [0.717, 1.165) is 24.2 Å². The molecular formula is C22H28N2O4. The number of aryl methyl sites for hydroxylation is 1. The van der Waals surface area contributed by atoms with Gasteiger partial charge < -0.3 is 18.9 Å². The maximum Gasteiger partial charge on any atom is 0.263 e. The predicted molar refractivity (Wildman–Crippen MR) is 108 cm³/mol. The van der Waals surface area contributed by atoms with Gasteiger partial charge in [-0.2, -0.15) is 0 Å². The summed E-state index contributed by atoms with van der Waals surface area (Å²) in [6.45, 7) is 4.54. The zero-order valence-corrected chi connectivity index (χ0v) is 17.0. The number of rotatable bonds is 8. The molecule has 3 rings (SSSR count). The van der Waals surface area contributed by atoms with Crippen LogP contribution >= 0.6 is 0 Å². The Bertz CT molecular complexity index is 884. The number of amides is 1. The lowest BCUT2D eigenvalue weighted by atomic mass is 10.1. The summed E-state index contributed by atoms with van der Waals surface area (Å²) in [5.41, 5.74) is 1.73. The van der Waals surface area contributed by atoms with Crippen molar-refractivity contribution in [2.45, 2.75) is 45.3 Å². The van der Waals surface area contributed by atoms with Crippen LogP contribution in [0.15, 0.2) is 41.3 Å². The molecule has 28 heavy (non-hydrogen) atoms. The van der Waals surface area contributed by atoms with Crippen molar-refractivity contribution in [3.05, 3.63) is 63.6 Å². The van der Waals surface area contributed by atoms with Crippen LogP contribution in [0.5, 0.6) is 5.75 Å². The number of ether oxygens (including phenoxy) is 2. The van der Waals surface area contributed by atoms with Gasteiger partial charge in [-0.15, -0.1) is 0 Å². The maximum absolute atomic E-state index is 13.5. The summed E-state index contributed by atoms with van der Waals surface area (Å²) in [5, 5.41) is 0. The van der Waals surface area contributed by atoms with Gasteiger partial charge in [-0.05, 0) is 56.0 Å². The molecule has 0 spiro atoms. The van der Waals surface area contributed by atoms with Gasteiger partial charge in [-0.3, -0.25) is 9.59 Å². The Morgan fingerprint density at radius 3 is 2.46 bits per heavy atom. The van der Waals surface area contributed by atoms with E-state index in [2.05, 4.69) is 0 Å². The number of carbonyl (C=O) groups excluding carboxylic acids is 1. The van der Waals surface area contributed by atoms with E-state index in [-0.39, 0.29) is 29.1 Å². The third-order valence-corrected chi connectivity index (χ3v) is 5.19. The highest BCUT2D eigenvalue weighted by Crippen LogP contribution is 2.33. The highest BCUT2D eigenvalue weighted by molar-refractivity contribution is 5.95. The molecule has 0 bridgehead atoms. The van der Waals surface area contributed by atoms with Gasteiger partial charge in [-0.25, -0.2) is 0 Å². The molecule has 6 heteroatoms. The van der Waals surface area contributed by atoms with Crippen LogP contribution in [0.2, 0.25) is 0 Å². The Balaban J connectivity index is 1.94. The summed E-state index contributed by atoms with van der Waals surface area (Å²) in [6.07, 6.45) is 3.79. The lowest BCUT2D eigenvalue weighted by Gasteiger charge is -2.29. The van der Waals surface area contributed by atoms with Gasteiger partial charge >= 0.3 is 0 Å². The molecule has 0 aliphatic heterocycles. The number of pyridine rings is 1. The first-order valence-electron chi connectivity index (χ1n) is 9.60. The average molecular weight is 384 g/mol. The average Bonchev–Trinajstić information content (AvgIpc) is 3.51. The molecule has 1 unspecified atom stereocenters. The molecule has 1 heterocycles. The van der Waals surface area contributed by atoms with Crippen LogP contribution in [0.3, 0.4) is 0 Å². The Hall–Kier alpha value is -2.60. The van der Waals surface area contributed by atoms with Crippen LogP contribution in [-0.2, 0) is 11.3 Å². The van der Waals surface area contributed by atoms with Crippen LogP contribution in [0.25, 0.3) is 0 Å². The fraction of sp³-hybridized carbons (Fsp3) is 0.455. The molecule has 150 valence electrons. The maximum atomic E-state index is 13.5. The van der Waals surface area contributed by atoms with E-state index in [9.17, 15) is 9.59 Å². The second-order valence-electron chi connectivity index (χ2n) is 7.40. The number of methoxy groups -OCH3 is 2. The van der Waals surface area contributed by atoms with Crippen molar-refractivity contribution < 1.29 is 14.3 Å². The largest absolute Gasteiger partial charge is 0.497 e. The van der Waals surface area contributed by atoms with Gasteiger partial charge in [0.05, 0.1) is 19.8 Å². The second kappa shape index (κ2) is 8.61. The lowest BCUT2D eigenvalue weighted by molar-refractivity contribution is 0.0539. The van der Waals surface area contributed by atoms with Crippen molar-refractivity contribution in [2.75, 3.05) is 20.8 Å². The first kappa shape index (κ1) is 20.1. The van der Waals surface area contributed by atoms with Crippen molar-refractivity contribution >= 4 is 5.91 Å². The zero-order valence-electron chi connectivity index (χ0n) is 17.0. The zero-order chi connectivity index (χ0) is 20.3. The molecule has 1 aliphatic rings. The van der Waals surface area contributed by atoms with E-state index in [4.69, 9.17) is 9.47 Å². The molecule has 1 saturated carbocycles. The monoisotopic (exact) mass is 384 g/mol. The van der Waals surface area contributed by atoms with Crippen LogP contribution < -0.4 is 10.3 Å². The SMILES string of the molecule is COCC(C)N(Cc1ccc(OC)cc1)C(=O)c1c(C)ccn(C2CC2)c1=O. The summed E-state index contributed by atoms with van der Waals surface area (Å²) in [4.78, 5) is 28.2. The highest BCUT2D eigenvalue weighted by Gasteiger charge is 2.30. The van der Waals surface area contributed by atoms with Crippen molar-refractivity contribution in [3.8, 4) is 5.75 Å². The number of benzene rings is 1. The Kier molecular flexibility index (Phi) is 6.19. The minimum Gasteiger partial charge on any atom is -0.497 e. The lowest BCUT2D eigenvalue weighted by Crippen LogP contribution is -2.43. The van der Waals surface area contributed by atoms with Crippen molar-refractivity contribution in [1.82, 2.24) is 9.47 Å². The Morgan fingerprint density at radius 2 is 1.89 bits per heavy atom. The van der Waals surface area contributed by atoms with E-state index >= 15 is 0 Å². The topological polar surface area (TPSA) is 60.8 Å². The molecule has 0 saturated heterocycles. The standard InChI is InChI=1S/C22H28N2O4/c1-15-11-12-23(18-7-8-18)21(25)20(15)22(26)24(16(2)14-27-3)13-17-5-9-19(28-4)10-6-17/h5-6,9-12,16,18H,7-8,13-14H2,1-4H3. The fourth-order valence-corrected chi connectivity index (χ4v) is 3.37. The fourth-order valence-electron chi connectivity index (χ4n) is 3.37. The van der Waals surface area contributed by atoms with Crippen molar-refractivity contribution in [2.24, 2.45) is 0 Å². The molecule has 0 N–H and O–H groups in total. The molecule has 1 fully saturated rings. The molecule has 1 aliphatic carbocycles. The third-order valence-electron chi connectivity index (χ3n) is 5.19. The quantitative estimate of drug-likeness (QED) is 0.701. The molecule has 1 aromatic heterocycles. The molecule has 1 amide bonds. The number of nitrogens with zero attached hydrogens (tertiary/aromatic N) is 2. The highest BCUT2D eigenvalue weighted by atomic mass is 16.5. The Labute approximate surface area is 165 Å². The smallest absolute Gasteiger partial charge is 0.263 e. The van der Waals surface area contributed by atoms with Gasteiger partial charge in [0.25, 0.3) is 11.5 Å². The molecular weight excluding hydrogens is 356 g/mol. The summed E-state index contributed by atoms with van der Waals surface area (Å²) in [7, 11) is 3.23. The van der Waals surface area contributed by atoms with E-state index in [1.54, 1.807) is 29.9 Å². The van der Waals surface area contributed by atoms with Crippen molar-refractivity contribution in [3.63, 3.8) is 0 Å². The second-order valence-corrected chi connectivity index (χ2v) is 7.40. The minimum absolute atomic E-state index is 0.173. The first-order valence-corrected chi connectivity index (χ1v) is 9.60. The van der Waals surface area contributed by atoms with E-state index in [1.165, 1.54) is 0 Å². The van der Waals surface area contributed by atoms with E-state index < -0.39 is 0 Å². The third kappa shape index (κ3) is 4.28. The van der Waals surface area contributed by atoms with Crippen LogP contribution in [0.4, 0.5) is 0 Å². The van der Waals surface area contributed by atoms with Crippen LogP contribution in [-0.4, -0.2) is 42.2 Å². The van der Waals surface area contributed by atoms with Crippen LogP contribution in [0, 0.1) is 6.92 Å². The van der Waals surface area contributed by atoms with E-state index in [1.807, 2.05) is 44.2 Å². The molecule has 2 aromatic rings. The summed E-state index contributed by atoms with van der Waals surface area (Å²) in [5.74, 6) is 0.510. The van der Waals surface area contributed by atoms with Gasteiger partial charge in [0.1, 0.15) is 11.3 Å². The van der Waals surface area contributed by atoms with Crippen LogP contribution in [0.1, 0.15) is 47.3 Å². The van der Waals surface area contributed by atoms with E-state index in [0.29, 0.717) is 18.7 Å². The molecule has 0 radical (unpaired) electrons. The number of hydrogen-bond donors (Lipinski definition) is 0. The normalized spacial score (nSPS) is 14.6. The van der Waals surface area contributed by atoms with Gasteiger partial charge in [0.2, 0.25) is 0 Å². The predicted octanol–water partition coefficient (Wildman–Crippen LogP) is 3.18. The van der Waals surface area contributed by atoms with Gasteiger partial charge in [0, 0.05) is 25.9 Å². The summed E-state index contributed by atoms with van der Waals surface area (Å²) >= 11 is 0. The number of hydrogen-bond acceptors (Lipinski definition) is 4. The molecule has 6 nitrogen and oxygen atoms in total. The summed E-state index contributed by atoms with van der Waals surface area (Å²) in [6, 6.07) is 9.51. The van der Waals surface area contributed by atoms with Gasteiger partial charge in [0.15, 0.2) is 0 Å². The Morgan fingerprint density at radius 1 is 1.21 bits per heavy atom. The summed E-state index contributed by atoms with van der Waals surface area (Å²) < 4.78 is 12.2. The minimum atomic E-state index is -0.252. The molecule has 1 atom stereocenters. The first-order chi connectivity index (χ1) is 13.5.